The number of benzene rings is 1. The first-order chi connectivity index (χ1) is 12.6. The van der Waals surface area contributed by atoms with Crippen LogP contribution in [-0.2, 0) is 10.2 Å². The first kappa shape index (κ1) is 15.1. The molecule has 3 aromatic rings. The van der Waals surface area contributed by atoms with Crippen LogP contribution in [0, 0.1) is 5.92 Å². The summed E-state index contributed by atoms with van der Waals surface area (Å²) in [4.78, 5) is 17.2. The molecule has 2 atom stereocenters. The standard InChI is InChI=1S/C20H18N4O2/c1-2-18(26)24-10-13-9-20(13,11-24)17-8-12-7-15(22-23-19(12)21-17)14-5-3-4-6-16(14)25/h2-8,13,25H,1,9-11H2,(H,21,23). The van der Waals surface area contributed by atoms with Gasteiger partial charge < -0.3 is 15.0 Å². The first-order valence-electron chi connectivity index (χ1n) is 8.67. The van der Waals surface area contributed by atoms with E-state index in [9.17, 15) is 9.90 Å². The molecule has 6 heteroatoms. The molecule has 2 fully saturated rings. The van der Waals surface area contributed by atoms with E-state index in [4.69, 9.17) is 0 Å². The molecule has 1 saturated heterocycles. The normalized spacial score (nSPS) is 23.8. The molecule has 1 aliphatic heterocycles. The second-order valence-corrected chi connectivity index (χ2v) is 7.21. The lowest BCUT2D eigenvalue weighted by molar-refractivity contribution is -0.125. The van der Waals surface area contributed by atoms with Crippen molar-refractivity contribution in [2.24, 2.45) is 5.92 Å². The van der Waals surface area contributed by atoms with E-state index in [1.54, 1.807) is 12.1 Å². The number of phenolic OH excluding ortho intramolecular Hbond substituents is 1. The number of rotatable bonds is 3. The monoisotopic (exact) mass is 346 g/mol. The molecule has 0 bridgehead atoms. The van der Waals surface area contributed by atoms with Gasteiger partial charge in [0.25, 0.3) is 0 Å². The lowest BCUT2D eigenvalue weighted by Crippen LogP contribution is -2.31. The number of carbonyl (C=O) groups is 1. The molecular formula is C20H18N4O2. The molecule has 2 aromatic heterocycles. The number of aromatic hydroxyl groups is 1. The van der Waals surface area contributed by atoms with Gasteiger partial charge in [0.1, 0.15) is 5.75 Å². The van der Waals surface area contributed by atoms with Crippen molar-refractivity contribution in [3.63, 3.8) is 0 Å². The highest BCUT2D eigenvalue weighted by Crippen LogP contribution is 2.59. The van der Waals surface area contributed by atoms with Gasteiger partial charge in [-0.05, 0) is 42.7 Å². The number of para-hydroxylation sites is 1. The van der Waals surface area contributed by atoms with Gasteiger partial charge in [0.05, 0.1) is 5.69 Å². The van der Waals surface area contributed by atoms with E-state index >= 15 is 0 Å². The Morgan fingerprint density at radius 1 is 1.35 bits per heavy atom. The third-order valence-corrected chi connectivity index (χ3v) is 5.72. The summed E-state index contributed by atoms with van der Waals surface area (Å²) in [5.41, 5.74) is 3.15. The molecule has 130 valence electrons. The molecule has 0 spiro atoms. The average Bonchev–Trinajstić information content (AvgIpc) is 3.03. The summed E-state index contributed by atoms with van der Waals surface area (Å²) in [6.45, 7) is 5.09. The van der Waals surface area contributed by atoms with E-state index in [0.29, 0.717) is 17.2 Å². The quantitative estimate of drug-likeness (QED) is 0.714. The fourth-order valence-corrected chi connectivity index (χ4v) is 4.22. The number of phenols is 1. The Morgan fingerprint density at radius 2 is 2.19 bits per heavy atom. The van der Waals surface area contributed by atoms with Crippen molar-refractivity contribution in [3.8, 4) is 17.0 Å². The highest BCUT2D eigenvalue weighted by molar-refractivity contribution is 5.88. The minimum atomic E-state index is -0.00526. The second-order valence-electron chi connectivity index (χ2n) is 7.21. The van der Waals surface area contributed by atoms with Gasteiger partial charge in [-0.25, -0.2) is 0 Å². The summed E-state index contributed by atoms with van der Waals surface area (Å²) in [5.74, 6) is 0.673. The third-order valence-electron chi connectivity index (χ3n) is 5.72. The molecule has 5 rings (SSSR count). The zero-order valence-electron chi connectivity index (χ0n) is 14.1. The Kier molecular flexibility index (Phi) is 3.01. The summed E-state index contributed by atoms with van der Waals surface area (Å²) in [7, 11) is 0. The Balaban J connectivity index is 1.51. The van der Waals surface area contributed by atoms with Crippen molar-refractivity contribution in [1.82, 2.24) is 20.1 Å². The summed E-state index contributed by atoms with van der Waals surface area (Å²) in [6.07, 6.45) is 2.47. The molecule has 1 amide bonds. The molecule has 1 saturated carbocycles. The maximum absolute atomic E-state index is 11.9. The molecule has 3 heterocycles. The van der Waals surface area contributed by atoms with Crippen molar-refractivity contribution >= 4 is 16.9 Å². The van der Waals surface area contributed by atoms with Crippen molar-refractivity contribution in [1.29, 1.82) is 0 Å². The number of hydrogen-bond acceptors (Lipinski definition) is 4. The highest BCUT2D eigenvalue weighted by atomic mass is 16.3. The van der Waals surface area contributed by atoms with Crippen LogP contribution in [-0.4, -0.2) is 44.2 Å². The summed E-state index contributed by atoms with van der Waals surface area (Å²) in [6, 6.07) is 11.1. The van der Waals surface area contributed by atoms with Crippen LogP contribution >= 0.6 is 0 Å². The Hall–Kier alpha value is -3.15. The van der Waals surface area contributed by atoms with Crippen molar-refractivity contribution in [2.45, 2.75) is 11.8 Å². The van der Waals surface area contributed by atoms with Crippen molar-refractivity contribution in [2.75, 3.05) is 13.1 Å². The number of hydrogen-bond donors (Lipinski definition) is 2. The number of amides is 1. The van der Waals surface area contributed by atoms with Gasteiger partial charge in [-0.1, -0.05) is 18.7 Å². The lowest BCUT2D eigenvalue weighted by Gasteiger charge is -2.18. The topological polar surface area (TPSA) is 82.1 Å². The number of H-pyrrole nitrogens is 1. The number of nitrogens with one attached hydrogen (secondary N) is 1. The molecule has 2 unspecified atom stereocenters. The zero-order valence-corrected chi connectivity index (χ0v) is 14.1. The summed E-state index contributed by atoms with van der Waals surface area (Å²) < 4.78 is 0. The van der Waals surface area contributed by atoms with Crippen LogP contribution in [0.4, 0.5) is 0 Å². The van der Waals surface area contributed by atoms with Crippen molar-refractivity contribution < 1.29 is 9.90 Å². The number of piperidine rings is 1. The Bertz CT molecular complexity index is 1060. The van der Waals surface area contributed by atoms with Gasteiger partial charge in [0.15, 0.2) is 5.65 Å². The molecule has 6 nitrogen and oxygen atoms in total. The largest absolute Gasteiger partial charge is 0.507 e. The van der Waals surface area contributed by atoms with Crippen molar-refractivity contribution in [3.05, 3.63) is 54.7 Å². The van der Waals surface area contributed by atoms with E-state index in [1.807, 2.05) is 23.1 Å². The van der Waals surface area contributed by atoms with E-state index in [1.165, 1.54) is 6.08 Å². The van der Waals surface area contributed by atoms with Gasteiger partial charge in [-0.3, -0.25) is 4.79 Å². The molecule has 0 radical (unpaired) electrons. The minimum absolute atomic E-state index is 0.00526. The SMILES string of the molecule is C=CC(=O)N1CC2CC2(c2cc3cc(-c4ccccc4O)nnc3[nH]2)C1. The van der Waals surface area contributed by atoms with Crippen LogP contribution in [0.15, 0.2) is 49.1 Å². The maximum atomic E-state index is 11.9. The highest BCUT2D eigenvalue weighted by Gasteiger charge is 2.62. The van der Waals surface area contributed by atoms with Crippen LogP contribution in [0.1, 0.15) is 12.1 Å². The van der Waals surface area contributed by atoms with Gasteiger partial charge in [0, 0.05) is 35.1 Å². The third kappa shape index (κ3) is 2.08. The molecule has 2 aliphatic rings. The van der Waals surface area contributed by atoms with Gasteiger partial charge >= 0.3 is 0 Å². The summed E-state index contributed by atoms with van der Waals surface area (Å²) in [5, 5.41) is 19.6. The van der Waals surface area contributed by atoms with Crippen LogP contribution in [0.3, 0.4) is 0 Å². The number of likely N-dealkylation sites (tertiary alicyclic amines) is 1. The Labute approximate surface area is 150 Å². The molecule has 26 heavy (non-hydrogen) atoms. The lowest BCUT2D eigenvalue weighted by atomic mass is 10.0. The smallest absolute Gasteiger partial charge is 0.245 e. The fraction of sp³-hybridized carbons (Fsp3) is 0.250. The number of fused-ring (bicyclic) bond motifs is 2. The number of aromatic amines is 1. The predicted octanol–water partition coefficient (Wildman–Crippen LogP) is 2.62. The maximum Gasteiger partial charge on any atom is 0.245 e. The molecule has 2 N–H and O–H groups in total. The van der Waals surface area contributed by atoms with Crippen LogP contribution in [0.5, 0.6) is 5.75 Å². The van der Waals surface area contributed by atoms with E-state index in [0.717, 1.165) is 36.2 Å². The molecular weight excluding hydrogens is 328 g/mol. The molecule has 1 aliphatic carbocycles. The predicted molar refractivity (Wildman–Crippen MR) is 97.6 cm³/mol. The van der Waals surface area contributed by atoms with E-state index < -0.39 is 0 Å². The summed E-state index contributed by atoms with van der Waals surface area (Å²) >= 11 is 0. The van der Waals surface area contributed by atoms with Crippen LogP contribution in [0.2, 0.25) is 0 Å². The van der Waals surface area contributed by atoms with Gasteiger partial charge in [-0.15, -0.1) is 10.2 Å². The fourth-order valence-electron chi connectivity index (χ4n) is 4.22. The minimum Gasteiger partial charge on any atom is -0.507 e. The zero-order chi connectivity index (χ0) is 17.9. The van der Waals surface area contributed by atoms with Crippen LogP contribution < -0.4 is 0 Å². The number of nitrogens with zero attached hydrogens (tertiary/aromatic N) is 3. The van der Waals surface area contributed by atoms with Gasteiger partial charge in [0.2, 0.25) is 5.91 Å². The number of aromatic nitrogens is 3. The average molecular weight is 346 g/mol. The number of carbonyl (C=O) groups excluding carboxylic acids is 1. The van der Waals surface area contributed by atoms with E-state index in [2.05, 4.69) is 27.8 Å². The van der Waals surface area contributed by atoms with E-state index in [-0.39, 0.29) is 17.1 Å². The van der Waals surface area contributed by atoms with Gasteiger partial charge in [-0.2, -0.15) is 0 Å². The molecule has 1 aromatic carbocycles. The second kappa shape index (κ2) is 5.17. The Morgan fingerprint density at radius 3 is 3.00 bits per heavy atom. The first-order valence-corrected chi connectivity index (χ1v) is 8.67. The van der Waals surface area contributed by atoms with Crippen LogP contribution in [0.25, 0.3) is 22.3 Å².